The Hall–Kier alpha value is -2.18. The average Bonchev–Trinajstić information content (AvgIpc) is 2.87. The summed E-state index contributed by atoms with van der Waals surface area (Å²) < 4.78 is 0. The van der Waals surface area contributed by atoms with Crippen molar-refractivity contribution in [2.24, 2.45) is 0 Å². The first-order chi connectivity index (χ1) is 12.6. The van der Waals surface area contributed by atoms with Gasteiger partial charge in [-0.2, -0.15) is 0 Å². The lowest BCUT2D eigenvalue weighted by Gasteiger charge is -2.23. The van der Waals surface area contributed by atoms with Gasteiger partial charge in [-0.05, 0) is 50.7 Å². The third kappa shape index (κ3) is 4.31. The summed E-state index contributed by atoms with van der Waals surface area (Å²) in [5.74, 6) is 0.381. The van der Waals surface area contributed by atoms with E-state index in [1.165, 1.54) is 5.69 Å². The summed E-state index contributed by atoms with van der Waals surface area (Å²) >= 11 is 6.14. The van der Waals surface area contributed by atoms with Crippen LogP contribution in [0.3, 0.4) is 0 Å². The topological polar surface area (TPSA) is 61.4 Å². The Morgan fingerprint density at radius 2 is 1.92 bits per heavy atom. The molecule has 0 radical (unpaired) electrons. The van der Waals surface area contributed by atoms with Crippen LogP contribution in [0, 0.1) is 0 Å². The maximum absolute atomic E-state index is 11.3. The number of nitrogens with zero attached hydrogens (tertiary/aromatic N) is 4. The summed E-state index contributed by atoms with van der Waals surface area (Å²) in [6.45, 7) is 6.22. The lowest BCUT2D eigenvalue weighted by Crippen LogP contribution is -2.28. The van der Waals surface area contributed by atoms with Gasteiger partial charge in [-0.3, -0.25) is 4.79 Å². The maximum Gasteiger partial charge on any atom is 0.172 e. The average molecular weight is 374 g/mol. The molecule has 0 amide bonds. The third-order valence-corrected chi connectivity index (χ3v) is 4.91. The predicted octanol–water partition coefficient (Wildman–Crippen LogP) is 3.39. The number of anilines is 3. The number of carbonyl (C=O) groups excluding carboxylic acids is 1. The van der Waals surface area contributed by atoms with Crippen LogP contribution in [0.5, 0.6) is 0 Å². The van der Waals surface area contributed by atoms with E-state index in [4.69, 9.17) is 11.6 Å². The first kappa shape index (κ1) is 18.6. The zero-order valence-electron chi connectivity index (χ0n) is 15.2. The number of hydrogen-bond acceptors (Lipinski definition) is 6. The third-order valence-electron chi connectivity index (χ3n) is 4.61. The van der Waals surface area contributed by atoms with E-state index in [-0.39, 0.29) is 5.69 Å². The second-order valence-corrected chi connectivity index (χ2v) is 6.84. The van der Waals surface area contributed by atoms with E-state index < -0.39 is 0 Å². The number of aromatic nitrogens is 2. The first-order valence-electron chi connectivity index (χ1n) is 8.93. The van der Waals surface area contributed by atoms with Gasteiger partial charge in [0.2, 0.25) is 0 Å². The second-order valence-electron chi connectivity index (χ2n) is 6.48. The molecule has 0 atom stereocenters. The second kappa shape index (κ2) is 8.47. The molecule has 0 saturated carbocycles. The summed E-state index contributed by atoms with van der Waals surface area (Å²) in [7, 11) is 2.16. The molecule has 0 unspecified atom stereocenters. The van der Waals surface area contributed by atoms with Crippen molar-refractivity contribution >= 4 is 35.1 Å². The van der Waals surface area contributed by atoms with Crippen LogP contribution >= 0.6 is 11.6 Å². The highest BCUT2D eigenvalue weighted by molar-refractivity contribution is 6.30. The zero-order chi connectivity index (χ0) is 18.5. The van der Waals surface area contributed by atoms with Gasteiger partial charge in [0.1, 0.15) is 5.69 Å². The molecule has 2 aromatic rings. The lowest BCUT2D eigenvalue weighted by atomic mass is 10.2. The number of rotatable bonds is 5. The zero-order valence-corrected chi connectivity index (χ0v) is 16.0. The molecule has 7 heteroatoms. The van der Waals surface area contributed by atoms with Crippen molar-refractivity contribution < 1.29 is 4.79 Å². The monoisotopic (exact) mass is 373 g/mol. The minimum absolute atomic E-state index is 0.269. The molecule has 0 spiro atoms. The van der Waals surface area contributed by atoms with E-state index in [9.17, 15) is 4.79 Å². The molecular weight excluding hydrogens is 350 g/mol. The molecule has 1 aliphatic heterocycles. The molecule has 6 nitrogen and oxygen atoms in total. The largest absolute Gasteiger partial charge is 0.370 e. The fourth-order valence-electron chi connectivity index (χ4n) is 3.06. The van der Waals surface area contributed by atoms with Crippen molar-refractivity contribution in [3.8, 4) is 0 Å². The van der Waals surface area contributed by atoms with E-state index in [0.717, 1.165) is 38.3 Å². The predicted molar refractivity (Wildman–Crippen MR) is 106 cm³/mol. The molecule has 1 fully saturated rings. The minimum Gasteiger partial charge on any atom is -0.370 e. The number of hydrogen-bond donors (Lipinski definition) is 1. The van der Waals surface area contributed by atoms with Crippen LogP contribution in [0.15, 0.2) is 24.3 Å². The van der Waals surface area contributed by atoms with Crippen LogP contribution in [0.4, 0.5) is 17.2 Å². The Labute approximate surface area is 159 Å². The fraction of sp³-hybridized carbons (Fsp3) is 0.421. The van der Waals surface area contributed by atoms with Gasteiger partial charge < -0.3 is 15.1 Å². The Kier molecular flexibility index (Phi) is 6.06. The highest BCUT2D eigenvalue weighted by Gasteiger charge is 2.14. The molecular formula is C19H24ClN5O. The smallest absolute Gasteiger partial charge is 0.172 e. The van der Waals surface area contributed by atoms with Crippen molar-refractivity contribution in [2.75, 3.05) is 43.4 Å². The molecule has 1 aromatic heterocycles. The van der Waals surface area contributed by atoms with Gasteiger partial charge >= 0.3 is 0 Å². The number of likely N-dealkylation sites (N-methyl/N-ethyl adjacent to an activating group) is 1. The van der Waals surface area contributed by atoms with Gasteiger partial charge in [0.05, 0.1) is 5.69 Å². The van der Waals surface area contributed by atoms with Crippen molar-refractivity contribution in [3.05, 3.63) is 40.8 Å². The molecule has 1 N–H and O–H groups in total. The summed E-state index contributed by atoms with van der Waals surface area (Å²) in [4.78, 5) is 24.6. The van der Waals surface area contributed by atoms with Gasteiger partial charge in [-0.1, -0.05) is 18.5 Å². The number of nitrogens with one attached hydrogen (secondary N) is 1. The van der Waals surface area contributed by atoms with E-state index in [2.05, 4.69) is 44.3 Å². The van der Waals surface area contributed by atoms with Crippen LogP contribution in [-0.4, -0.2) is 54.4 Å². The summed E-state index contributed by atoms with van der Waals surface area (Å²) in [6, 6.07) is 8.15. The number of aldehydes is 1. The molecule has 2 heterocycles. The van der Waals surface area contributed by atoms with E-state index in [1.807, 2.05) is 19.1 Å². The number of benzene rings is 1. The Morgan fingerprint density at radius 1 is 1.15 bits per heavy atom. The van der Waals surface area contributed by atoms with Gasteiger partial charge in [0.15, 0.2) is 17.3 Å². The van der Waals surface area contributed by atoms with Gasteiger partial charge in [0.25, 0.3) is 0 Å². The standard InChI is InChI=1S/C19H24ClN5O/c1-3-16-18(20)23-19(17(13-26)22-16)21-14-5-7-15(8-6-14)25-10-4-9-24(2)11-12-25/h5-8,13H,3-4,9-12H2,1-2H3,(H,21,23). The SMILES string of the molecule is CCc1nc(C=O)c(Nc2ccc(N3CCCN(C)CC3)cc2)nc1Cl. The van der Waals surface area contributed by atoms with Gasteiger partial charge in [-0.15, -0.1) is 0 Å². The maximum atomic E-state index is 11.3. The van der Waals surface area contributed by atoms with Crippen LogP contribution in [-0.2, 0) is 6.42 Å². The summed E-state index contributed by atoms with van der Waals surface area (Å²) in [6.07, 6.45) is 2.50. The highest BCUT2D eigenvalue weighted by Crippen LogP contribution is 2.24. The van der Waals surface area contributed by atoms with E-state index in [1.54, 1.807) is 0 Å². The van der Waals surface area contributed by atoms with Crippen molar-refractivity contribution in [3.63, 3.8) is 0 Å². The summed E-state index contributed by atoms with van der Waals surface area (Å²) in [5, 5.41) is 3.47. The van der Waals surface area contributed by atoms with Crippen molar-refractivity contribution in [1.82, 2.24) is 14.9 Å². The van der Waals surface area contributed by atoms with Crippen molar-refractivity contribution in [1.29, 1.82) is 0 Å². The summed E-state index contributed by atoms with van der Waals surface area (Å²) in [5.41, 5.74) is 2.94. The van der Waals surface area contributed by atoms with Gasteiger partial charge in [0, 0.05) is 31.0 Å². The molecule has 1 saturated heterocycles. The first-order valence-corrected chi connectivity index (χ1v) is 9.30. The number of halogens is 1. The van der Waals surface area contributed by atoms with E-state index in [0.29, 0.717) is 29.4 Å². The molecule has 0 aliphatic carbocycles. The van der Waals surface area contributed by atoms with E-state index >= 15 is 0 Å². The highest BCUT2D eigenvalue weighted by atomic mass is 35.5. The minimum atomic E-state index is 0.269. The molecule has 138 valence electrons. The van der Waals surface area contributed by atoms with Crippen LogP contribution in [0.25, 0.3) is 0 Å². The Balaban J connectivity index is 1.75. The fourth-order valence-corrected chi connectivity index (χ4v) is 3.32. The quantitative estimate of drug-likeness (QED) is 0.810. The van der Waals surface area contributed by atoms with Crippen LogP contribution in [0.2, 0.25) is 5.15 Å². The molecule has 1 aromatic carbocycles. The normalized spacial score (nSPS) is 15.6. The van der Waals surface area contributed by atoms with Crippen LogP contribution < -0.4 is 10.2 Å². The molecule has 3 rings (SSSR count). The number of aryl methyl sites for hydroxylation is 1. The Morgan fingerprint density at radius 3 is 2.62 bits per heavy atom. The van der Waals surface area contributed by atoms with Gasteiger partial charge in [-0.25, -0.2) is 9.97 Å². The molecule has 0 bridgehead atoms. The molecule has 26 heavy (non-hydrogen) atoms. The van der Waals surface area contributed by atoms with Crippen molar-refractivity contribution in [2.45, 2.75) is 19.8 Å². The molecule has 1 aliphatic rings. The lowest BCUT2D eigenvalue weighted by molar-refractivity contribution is 0.111. The Bertz CT molecular complexity index is 765. The number of carbonyl (C=O) groups is 1. The van der Waals surface area contributed by atoms with Crippen LogP contribution in [0.1, 0.15) is 29.5 Å².